The third kappa shape index (κ3) is 6.75. The molecule has 10 heteroatoms. The van der Waals surface area contributed by atoms with Crippen molar-refractivity contribution in [1.29, 1.82) is 0 Å². The number of hydrogen-bond acceptors (Lipinski definition) is 6. The number of benzene rings is 2. The molecule has 6 aliphatic rings. The number of aromatic nitrogens is 2. The molecule has 0 unspecified atom stereocenters. The number of fused-ring (bicyclic) bond motifs is 7. The Morgan fingerprint density at radius 1 is 0.866 bits per heavy atom. The minimum atomic E-state index is -1.05. The molecular formula is C57H74ClN3O6. The van der Waals surface area contributed by atoms with Crippen molar-refractivity contribution in [1.82, 2.24) is 15.3 Å². The van der Waals surface area contributed by atoms with Gasteiger partial charge in [0.25, 0.3) is 0 Å². The molecule has 9 nitrogen and oxygen atoms in total. The number of imidazole rings is 1. The molecule has 10 atom stereocenters. The molecule has 0 spiro atoms. The zero-order valence-corrected chi connectivity index (χ0v) is 42.6. The van der Waals surface area contributed by atoms with E-state index in [9.17, 15) is 19.5 Å². The van der Waals surface area contributed by atoms with Crippen LogP contribution in [0.4, 0.5) is 0 Å². The number of hydrogen-bond donors (Lipinski definition) is 3. The lowest BCUT2D eigenvalue weighted by atomic mass is 9.29. The number of aliphatic carboxylic acids is 1. The molecule has 5 fully saturated rings. The second-order valence-corrected chi connectivity index (χ2v) is 25.2. The third-order valence-corrected chi connectivity index (χ3v) is 20.9. The first-order valence-corrected chi connectivity index (χ1v) is 25.6. The van der Waals surface area contributed by atoms with E-state index in [4.69, 9.17) is 21.3 Å². The molecule has 5 saturated carbocycles. The number of carbonyl (C=O) groups excluding carboxylic acids is 3. The van der Waals surface area contributed by atoms with Gasteiger partial charge in [-0.25, -0.2) is 4.98 Å². The van der Waals surface area contributed by atoms with E-state index in [1.54, 1.807) is 6.20 Å². The molecule has 0 aliphatic heterocycles. The Balaban J connectivity index is 0.980. The summed E-state index contributed by atoms with van der Waals surface area (Å²) in [5.74, 6) is -0.221. The van der Waals surface area contributed by atoms with Gasteiger partial charge in [-0.1, -0.05) is 116 Å². The summed E-state index contributed by atoms with van der Waals surface area (Å²) >= 11 is 6.17. The summed E-state index contributed by atoms with van der Waals surface area (Å²) in [7, 11) is 0. The van der Waals surface area contributed by atoms with Gasteiger partial charge in [-0.15, -0.1) is 0 Å². The van der Waals surface area contributed by atoms with Crippen LogP contribution in [0.25, 0.3) is 11.3 Å². The Morgan fingerprint density at radius 3 is 2.18 bits per heavy atom. The van der Waals surface area contributed by atoms with Crippen LogP contribution in [0, 0.1) is 73.4 Å². The van der Waals surface area contributed by atoms with Gasteiger partial charge in [0, 0.05) is 11.4 Å². The fraction of sp³-hybridized carbons (Fsp3) is 0.632. The molecule has 0 saturated heterocycles. The van der Waals surface area contributed by atoms with Crippen LogP contribution in [-0.4, -0.2) is 38.7 Å². The molecule has 9 rings (SSSR count). The molecular weight excluding hydrogens is 858 g/mol. The van der Waals surface area contributed by atoms with Crippen LogP contribution in [0.2, 0.25) is 5.02 Å². The number of nitrogens with one attached hydrogen (secondary N) is 2. The maximum atomic E-state index is 15.2. The molecule has 67 heavy (non-hydrogen) atoms. The van der Waals surface area contributed by atoms with Crippen LogP contribution in [0.5, 0.6) is 0 Å². The summed E-state index contributed by atoms with van der Waals surface area (Å²) in [6.07, 6.45) is 9.43. The van der Waals surface area contributed by atoms with E-state index in [0.717, 1.165) is 72.9 Å². The maximum Gasteiger partial charge on any atom is 0.310 e. The molecule has 360 valence electrons. The van der Waals surface area contributed by atoms with Crippen LogP contribution in [-0.2, 0) is 36.1 Å². The minimum Gasteiger partial charge on any atom is -0.481 e. The highest BCUT2D eigenvalue weighted by Gasteiger charge is 2.76. The van der Waals surface area contributed by atoms with Crippen LogP contribution >= 0.6 is 11.6 Å². The summed E-state index contributed by atoms with van der Waals surface area (Å²) in [5.41, 5.74) is 0.548. The number of allylic oxidation sites excluding steroid dienone is 1. The van der Waals surface area contributed by atoms with E-state index in [1.165, 1.54) is 0 Å². The lowest BCUT2D eigenvalue weighted by molar-refractivity contribution is -0.261. The highest BCUT2D eigenvalue weighted by molar-refractivity contribution is 6.30. The van der Waals surface area contributed by atoms with Gasteiger partial charge in [0.05, 0.1) is 34.2 Å². The van der Waals surface area contributed by atoms with Crippen molar-refractivity contribution in [2.24, 2.45) is 73.4 Å². The van der Waals surface area contributed by atoms with Gasteiger partial charge >= 0.3 is 11.9 Å². The number of rotatable bonds is 10. The van der Waals surface area contributed by atoms with Gasteiger partial charge in [0.2, 0.25) is 5.91 Å². The number of carboxylic acids is 1. The summed E-state index contributed by atoms with van der Waals surface area (Å²) in [6, 6.07) is 17.2. The Labute approximate surface area is 403 Å². The Hall–Kier alpha value is -4.24. The number of ether oxygens (including phenoxy) is 1. The quantitative estimate of drug-likeness (QED) is 0.172. The first kappa shape index (κ1) is 47.8. The van der Waals surface area contributed by atoms with Crippen LogP contribution < -0.4 is 5.32 Å². The molecule has 3 N–H and O–H groups in total. The Bertz CT molecular complexity index is 2520. The second-order valence-electron chi connectivity index (χ2n) is 24.8. The number of nitrogens with zero attached hydrogens (tertiary/aromatic N) is 1. The molecule has 1 amide bonds. The van der Waals surface area contributed by atoms with Gasteiger partial charge in [0.15, 0.2) is 5.78 Å². The SMILES string of the molecule is CC(C)C1=C2[C@H]3CC[C@@H]4[C@]5(C)CC[C@H]([C@@]6(C(=O)O)C[C@@H](C(=O)OCc7ccccc7)C6(C)C)C(C)(C)[C@H]5CC[C@@]4(C)[C@]3(C)CC[C@@]2(C(=O)NC(C)(C)c2ncc(-c3ccc(Cl)cc3)[nH]2)CC1=O. The van der Waals surface area contributed by atoms with E-state index < -0.39 is 33.7 Å². The normalized spacial score (nSPS) is 36.3. The fourth-order valence-electron chi connectivity index (χ4n) is 17.0. The number of halogens is 1. The van der Waals surface area contributed by atoms with Gasteiger partial charge in [-0.3, -0.25) is 19.2 Å². The number of H-pyrrole nitrogens is 1. The summed E-state index contributed by atoms with van der Waals surface area (Å²) in [5, 5.41) is 15.4. The van der Waals surface area contributed by atoms with Crippen LogP contribution in [0.3, 0.4) is 0 Å². The molecule has 0 radical (unpaired) electrons. The summed E-state index contributed by atoms with van der Waals surface area (Å²) < 4.78 is 5.85. The van der Waals surface area contributed by atoms with Crippen molar-refractivity contribution in [3.63, 3.8) is 0 Å². The molecule has 1 heterocycles. The van der Waals surface area contributed by atoms with Crippen molar-refractivity contribution in [3.8, 4) is 11.3 Å². The standard InChI is InChI=1S/C57H74ClN3O6/c1-33(2)44-40(62)30-56(48(64)61-52(7,8)47-59-31-39(60-47)35-17-19-36(58)20-18-35)28-27-54(10)37(45(44)56)21-22-43-53(9)25-23-42(50(3,4)41(53)24-26-55(43,54)11)57(49(65)66)29-38(51(57,5)6)46(63)67-32-34-15-13-12-14-16-34/h12-20,31,33,37-38,41-43H,21-30,32H2,1-11H3,(H,59,60)(H,61,64)(H,65,66)/t37-,38+,41-,42+,43-,53-,54-,55-,56-,57-/m1/s1. The molecule has 0 bridgehead atoms. The number of aromatic amines is 1. The predicted molar refractivity (Wildman–Crippen MR) is 261 cm³/mol. The average molecular weight is 933 g/mol. The van der Waals surface area contributed by atoms with E-state index in [-0.39, 0.29) is 70.1 Å². The largest absolute Gasteiger partial charge is 0.481 e. The number of carboxylic acid groups (broad SMARTS) is 1. The van der Waals surface area contributed by atoms with Crippen molar-refractivity contribution < 1.29 is 29.0 Å². The number of amides is 1. The number of Topliss-reactive ketones (excluding diaryl/α,β-unsaturated/α-hetero) is 1. The first-order chi connectivity index (χ1) is 31.3. The lowest BCUT2D eigenvalue weighted by Gasteiger charge is -2.74. The van der Waals surface area contributed by atoms with E-state index in [0.29, 0.717) is 35.5 Å². The molecule has 6 aliphatic carbocycles. The lowest BCUT2D eigenvalue weighted by Crippen LogP contribution is -2.71. The van der Waals surface area contributed by atoms with Gasteiger partial charge in [-0.2, -0.15) is 0 Å². The van der Waals surface area contributed by atoms with E-state index in [1.807, 2.05) is 82.3 Å². The van der Waals surface area contributed by atoms with Crippen molar-refractivity contribution >= 4 is 35.2 Å². The van der Waals surface area contributed by atoms with Crippen molar-refractivity contribution in [2.45, 2.75) is 153 Å². The first-order valence-electron chi connectivity index (χ1n) is 25.2. The van der Waals surface area contributed by atoms with Crippen LogP contribution in [0.15, 0.2) is 71.9 Å². The topological polar surface area (TPSA) is 138 Å². The average Bonchev–Trinajstić information content (AvgIpc) is 3.88. The Morgan fingerprint density at radius 2 is 1.54 bits per heavy atom. The molecule has 2 aromatic carbocycles. The monoisotopic (exact) mass is 932 g/mol. The van der Waals surface area contributed by atoms with E-state index in [2.05, 4.69) is 58.8 Å². The van der Waals surface area contributed by atoms with Gasteiger partial charge < -0.3 is 20.1 Å². The number of carbonyl (C=O) groups is 4. The van der Waals surface area contributed by atoms with Crippen molar-refractivity contribution in [2.75, 3.05) is 0 Å². The Kier molecular flexibility index (Phi) is 11.3. The third-order valence-electron chi connectivity index (χ3n) is 20.7. The van der Waals surface area contributed by atoms with Crippen LogP contribution in [0.1, 0.15) is 152 Å². The van der Waals surface area contributed by atoms with Crippen molar-refractivity contribution in [3.05, 3.63) is 88.4 Å². The maximum absolute atomic E-state index is 15.2. The second kappa shape index (κ2) is 15.9. The zero-order chi connectivity index (χ0) is 48.5. The fourth-order valence-corrected chi connectivity index (χ4v) is 17.1. The smallest absolute Gasteiger partial charge is 0.310 e. The minimum absolute atomic E-state index is 0.00275. The number of ketones is 1. The summed E-state index contributed by atoms with van der Waals surface area (Å²) in [6.45, 7) is 24.6. The van der Waals surface area contributed by atoms with E-state index >= 15 is 4.79 Å². The van der Waals surface area contributed by atoms with Gasteiger partial charge in [0.1, 0.15) is 12.4 Å². The summed E-state index contributed by atoms with van der Waals surface area (Å²) in [4.78, 5) is 65.4. The zero-order valence-electron chi connectivity index (χ0n) is 41.8. The highest BCUT2D eigenvalue weighted by Crippen LogP contribution is 2.79. The number of esters is 1. The van der Waals surface area contributed by atoms with Gasteiger partial charge in [-0.05, 0) is 163 Å². The molecule has 1 aromatic heterocycles. The molecule has 3 aromatic rings. The predicted octanol–water partition coefficient (Wildman–Crippen LogP) is 12.5. The highest BCUT2D eigenvalue weighted by atomic mass is 35.5.